The molecule has 1 fully saturated rings. The van der Waals surface area contributed by atoms with Crippen molar-refractivity contribution in [3.63, 3.8) is 0 Å². The van der Waals surface area contributed by atoms with Crippen LogP contribution in [0, 0.1) is 5.92 Å². The van der Waals surface area contributed by atoms with Gasteiger partial charge >= 0.3 is 0 Å². The molecule has 17 heavy (non-hydrogen) atoms. The van der Waals surface area contributed by atoms with E-state index >= 15 is 0 Å². The zero-order chi connectivity index (χ0) is 12.9. The van der Waals surface area contributed by atoms with Crippen molar-refractivity contribution in [1.29, 1.82) is 0 Å². The molecule has 1 atom stereocenters. The molecule has 1 saturated carbocycles. The predicted octanol–water partition coefficient (Wildman–Crippen LogP) is 1.09. The summed E-state index contributed by atoms with van der Waals surface area (Å²) in [7, 11) is 2.15. The first kappa shape index (κ1) is 14.5. The first-order valence-corrected chi connectivity index (χ1v) is 6.69. The van der Waals surface area contributed by atoms with Crippen LogP contribution in [0.25, 0.3) is 0 Å². The lowest BCUT2D eigenvalue weighted by Crippen LogP contribution is -2.49. The highest BCUT2D eigenvalue weighted by molar-refractivity contribution is 5.83. The Morgan fingerprint density at radius 3 is 2.53 bits per heavy atom. The molecular formula is C13H27N3O. The molecule has 1 rings (SSSR count). The third kappa shape index (κ3) is 5.04. The Labute approximate surface area is 105 Å². The first-order chi connectivity index (χ1) is 7.92. The fourth-order valence-corrected chi connectivity index (χ4v) is 2.56. The number of carbonyl (C=O) groups is 1. The lowest BCUT2D eigenvalue weighted by Gasteiger charge is -2.24. The van der Waals surface area contributed by atoms with Crippen molar-refractivity contribution in [3.8, 4) is 0 Å². The van der Waals surface area contributed by atoms with Gasteiger partial charge < -0.3 is 16.4 Å². The zero-order valence-corrected chi connectivity index (χ0v) is 11.2. The van der Waals surface area contributed by atoms with Crippen molar-refractivity contribution in [2.24, 2.45) is 17.4 Å². The van der Waals surface area contributed by atoms with Crippen LogP contribution in [0.4, 0.5) is 0 Å². The van der Waals surface area contributed by atoms with Gasteiger partial charge in [-0.05, 0) is 52.1 Å². The smallest absolute Gasteiger partial charge is 0.237 e. The molecule has 4 heteroatoms. The maximum absolute atomic E-state index is 11.1. The number of amides is 1. The van der Waals surface area contributed by atoms with E-state index in [1.54, 1.807) is 6.92 Å². The van der Waals surface area contributed by atoms with Gasteiger partial charge in [-0.1, -0.05) is 12.8 Å². The average Bonchev–Trinajstić information content (AvgIpc) is 2.69. The van der Waals surface area contributed by atoms with Gasteiger partial charge in [-0.25, -0.2) is 0 Å². The van der Waals surface area contributed by atoms with Crippen LogP contribution in [0.3, 0.4) is 0 Å². The summed E-state index contributed by atoms with van der Waals surface area (Å²) >= 11 is 0. The van der Waals surface area contributed by atoms with Gasteiger partial charge in [-0.2, -0.15) is 0 Å². The molecule has 0 radical (unpaired) electrons. The molecular weight excluding hydrogens is 214 g/mol. The Morgan fingerprint density at radius 1 is 1.41 bits per heavy atom. The number of nitrogens with two attached hydrogens (primary N) is 2. The molecule has 0 bridgehead atoms. The maximum Gasteiger partial charge on any atom is 0.237 e. The van der Waals surface area contributed by atoms with E-state index in [1.807, 2.05) is 0 Å². The number of rotatable bonds is 7. The van der Waals surface area contributed by atoms with Crippen LogP contribution in [-0.2, 0) is 4.79 Å². The summed E-state index contributed by atoms with van der Waals surface area (Å²) in [6.45, 7) is 3.89. The molecule has 1 aliphatic rings. The van der Waals surface area contributed by atoms with Gasteiger partial charge in [0.25, 0.3) is 0 Å². The Hall–Kier alpha value is -0.610. The quantitative estimate of drug-likeness (QED) is 0.701. The van der Waals surface area contributed by atoms with Crippen molar-refractivity contribution in [2.75, 3.05) is 20.1 Å². The zero-order valence-electron chi connectivity index (χ0n) is 11.2. The van der Waals surface area contributed by atoms with E-state index in [2.05, 4.69) is 11.9 Å². The second-order valence-corrected chi connectivity index (χ2v) is 5.80. The first-order valence-electron chi connectivity index (χ1n) is 6.69. The fraction of sp³-hybridized carbons (Fsp3) is 0.923. The van der Waals surface area contributed by atoms with E-state index in [1.165, 1.54) is 32.2 Å². The minimum Gasteiger partial charge on any atom is -0.368 e. The second kappa shape index (κ2) is 6.36. The van der Waals surface area contributed by atoms with E-state index in [-0.39, 0.29) is 0 Å². The molecule has 0 aliphatic heterocycles. The third-order valence-corrected chi connectivity index (χ3v) is 3.84. The molecule has 1 aliphatic carbocycles. The minimum atomic E-state index is -0.853. The topological polar surface area (TPSA) is 72.3 Å². The predicted molar refractivity (Wildman–Crippen MR) is 70.5 cm³/mol. The SMILES string of the molecule is CN(CCCC(C)(N)C(N)=O)CC1CCCC1. The number of hydrogen-bond acceptors (Lipinski definition) is 3. The van der Waals surface area contributed by atoms with Crippen molar-refractivity contribution in [1.82, 2.24) is 4.90 Å². The van der Waals surface area contributed by atoms with Gasteiger partial charge in [0.1, 0.15) is 0 Å². The summed E-state index contributed by atoms with van der Waals surface area (Å²) in [5.41, 5.74) is 10.2. The van der Waals surface area contributed by atoms with Crippen LogP contribution in [0.1, 0.15) is 45.4 Å². The number of nitrogens with zero attached hydrogens (tertiary/aromatic N) is 1. The van der Waals surface area contributed by atoms with Crippen LogP contribution in [-0.4, -0.2) is 36.5 Å². The van der Waals surface area contributed by atoms with Crippen LogP contribution in [0.15, 0.2) is 0 Å². The Kier molecular flexibility index (Phi) is 5.40. The van der Waals surface area contributed by atoms with Crippen LogP contribution < -0.4 is 11.5 Å². The summed E-state index contributed by atoms with van der Waals surface area (Å²) in [6, 6.07) is 0. The van der Waals surface area contributed by atoms with E-state index in [9.17, 15) is 4.79 Å². The summed E-state index contributed by atoms with van der Waals surface area (Å²) in [5.74, 6) is 0.469. The maximum atomic E-state index is 11.1. The van der Waals surface area contributed by atoms with Gasteiger partial charge in [0.15, 0.2) is 0 Å². The van der Waals surface area contributed by atoms with Crippen molar-refractivity contribution in [2.45, 2.75) is 51.0 Å². The van der Waals surface area contributed by atoms with Gasteiger partial charge in [0.2, 0.25) is 5.91 Å². The molecule has 4 N–H and O–H groups in total. The van der Waals surface area contributed by atoms with Gasteiger partial charge in [-0.15, -0.1) is 0 Å². The summed E-state index contributed by atoms with van der Waals surface area (Å²) in [4.78, 5) is 13.4. The normalized spacial score (nSPS) is 20.7. The lowest BCUT2D eigenvalue weighted by atomic mass is 9.96. The van der Waals surface area contributed by atoms with Crippen LogP contribution in [0.5, 0.6) is 0 Å². The number of primary amides is 1. The molecule has 100 valence electrons. The summed E-state index contributed by atoms with van der Waals surface area (Å²) in [5, 5.41) is 0. The van der Waals surface area contributed by atoms with E-state index in [0.717, 1.165) is 18.9 Å². The molecule has 0 aromatic rings. The highest BCUT2D eigenvalue weighted by Crippen LogP contribution is 2.25. The molecule has 0 aromatic heterocycles. The van der Waals surface area contributed by atoms with E-state index in [0.29, 0.717) is 6.42 Å². The van der Waals surface area contributed by atoms with Crippen molar-refractivity contribution < 1.29 is 4.79 Å². The Balaban J connectivity index is 2.15. The minimum absolute atomic E-state index is 0.407. The highest BCUT2D eigenvalue weighted by atomic mass is 16.1. The van der Waals surface area contributed by atoms with Crippen molar-refractivity contribution in [3.05, 3.63) is 0 Å². The molecule has 0 heterocycles. The van der Waals surface area contributed by atoms with Gasteiger partial charge in [0.05, 0.1) is 5.54 Å². The van der Waals surface area contributed by atoms with E-state index in [4.69, 9.17) is 11.5 Å². The molecule has 0 spiro atoms. The summed E-state index contributed by atoms with van der Waals surface area (Å²) in [6.07, 6.45) is 7.12. The number of hydrogen-bond donors (Lipinski definition) is 2. The van der Waals surface area contributed by atoms with Gasteiger partial charge in [-0.3, -0.25) is 4.79 Å². The van der Waals surface area contributed by atoms with Crippen LogP contribution in [0.2, 0.25) is 0 Å². The lowest BCUT2D eigenvalue weighted by molar-refractivity contribution is -0.122. The summed E-state index contributed by atoms with van der Waals surface area (Å²) < 4.78 is 0. The average molecular weight is 241 g/mol. The Bertz CT molecular complexity index is 247. The third-order valence-electron chi connectivity index (χ3n) is 3.84. The molecule has 1 unspecified atom stereocenters. The molecule has 4 nitrogen and oxygen atoms in total. The Morgan fingerprint density at radius 2 is 2.00 bits per heavy atom. The molecule has 1 amide bonds. The monoisotopic (exact) mass is 241 g/mol. The molecule has 0 aromatic carbocycles. The second-order valence-electron chi connectivity index (χ2n) is 5.80. The number of carbonyl (C=O) groups excluding carboxylic acids is 1. The standard InChI is InChI=1S/C13H27N3O/c1-13(15,12(14)17)8-5-9-16(2)10-11-6-3-4-7-11/h11H,3-10,15H2,1-2H3,(H2,14,17). The van der Waals surface area contributed by atoms with Gasteiger partial charge in [0, 0.05) is 6.54 Å². The van der Waals surface area contributed by atoms with Crippen molar-refractivity contribution >= 4 is 5.91 Å². The van der Waals surface area contributed by atoms with Crippen LogP contribution >= 0.6 is 0 Å². The molecule has 0 saturated heterocycles. The fourth-order valence-electron chi connectivity index (χ4n) is 2.56. The van der Waals surface area contributed by atoms with E-state index < -0.39 is 11.4 Å². The largest absolute Gasteiger partial charge is 0.368 e. The highest BCUT2D eigenvalue weighted by Gasteiger charge is 2.25.